The second-order valence-electron chi connectivity index (χ2n) is 8.11. The molecule has 5 rings (SSSR count). The number of amides is 1. The highest BCUT2D eigenvalue weighted by molar-refractivity contribution is 5.97. The summed E-state index contributed by atoms with van der Waals surface area (Å²) in [4.78, 5) is 18.7. The molecule has 1 spiro atoms. The van der Waals surface area contributed by atoms with E-state index in [1.807, 2.05) is 30.0 Å². The van der Waals surface area contributed by atoms with Crippen LogP contribution >= 0.6 is 0 Å². The molecule has 3 heterocycles. The van der Waals surface area contributed by atoms with Crippen molar-refractivity contribution >= 4 is 16.8 Å². The highest BCUT2D eigenvalue weighted by Crippen LogP contribution is 2.43. The SMILES string of the molecule is COc1ccc(C)cc1C(=O)N1CCC2(CC1)OCCc1c2[nH]c2ccccc12. The van der Waals surface area contributed by atoms with Crippen molar-refractivity contribution in [2.45, 2.75) is 31.8 Å². The number of aryl methyl sites for hydroxylation is 1. The molecule has 1 amide bonds. The molecule has 1 N–H and O–H groups in total. The molecule has 1 saturated heterocycles. The molecule has 0 radical (unpaired) electrons. The number of rotatable bonds is 2. The van der Waals surface area contributed by atoms with E-state index >= 15 is 0 Å². The zero-order valence-electron chi connectivity index (χ0n) is 17.0. The average Bonchev–Trinajstić information content (AvgIpc) is 3.14. The molecule has 29 heavy (non-hydrogen) atoms. The van der Waals surface area contributed by atoms with Crippen LogP contribution in [-0.2, 0) is 16.8 Å². The summed E-state index contributed by atoms with van der Waals surface area (Å²) >= 11 is 0. The van der Waals surface area contributed by atoms with Crippen LogP contribution < -0.4 is 4.74 Å². The topological polar surface area (TPSA) is 54.6 Å². The number of methoxy groups -OCH3 is 1. The Morgan fingerprint density at radius 1 is 1.17 bits per heavy atom. The number of carbonyl (C=O) groups is 1. The fourth-order valence-corrected chi connectivity index (χ4v) is 4.89. The van der Waals surface area contributed by atoms with Gasteiger partial charge in [-0.25, -0.2) is 0 Å². The van der Waals surface area contributed by atoms with Gasteiger partial charge in [-0.15, -0.1) is 0 Å². The first-order chi connectivity index (χ1) is 14.1. The number of nitrogens with one attached hydrogen (secondary N) is 1. The fraction of sp³-hybridized carbons (Fsp3) is 0.375. The van der Waals surface area contributed by atoms with Crippen LogP contribution in [0.25, 0.3) is 10.9 Å². The number of ether oxygens (including phenoxy) is 2. The number of piperidine rings is 1. The summed E-state index contributed by atoms with van der Waals surface area (Å²) in [5.74, 6) is 0.667. The number of aromatic amines is 1. The number of nitrogens with zero attached hydrogens (tertiary/aromatic N) is 1. The van der Waals surface area contributed by atoms with E-state index in [0.717, 1.165) is 31.4 Å². The predicted molar refractivity (Wildman–Crippen MR) is 113 cm³/mol. The van der Waals surface area contributed by atoms with Gasteiger partial charge in [0.15, 0.2) is 0 Å². The van der Waals surface area contributed by atoms with Crippen LogP contribution in [0.2, 0.25) is 0 Å². The molecule has 2 aromatic carbocycles. The van der Waals surface area contributed by atoms with E-state index < -0.39 is 0 Å². The molecule has 150 valence electrons. The lowest BCUT2D eigenvalue weighted by atomic mass is 9.83. The molecule has 0 atom stereocenters. The van der Waals surface area contributed by atoms with E-state index in [1.54, 1.807) is 7.11 Å². The van der Waals surface area contributed by atoms with Crippen molar-refractivity contribution in [1.29, 1.82) is 0 Å². The maximum atomic E-state index is 13.2. The molecule has 2 aliphatic heterocycles. The van der Waals surface area contributed by atoms with Gasteiger partial charge in [-0.2, -0.15) is 0 Å². The minimum absolute atomic E-state index is 0.0353. The Bertz CT molecular complexity index is 1080. The molecule has 0 bridgehead atoms. The van der Waals surface area contributed by atoms with Gasteiger partial charge >= 0.3 is 0 Å². The Morgan fingerprint density at radius 2 is 1.97 bits per heavy atom. The predicted octanol–water partition coefficient (Wildman–Crippen LogP) is 4.19. The standard InChI is InChI=1S/C24H26N2O3/c1-16-7-8-21(28-2)19(15-16)23(27)26-12-10-24(11-13-26)22-18(9-14-29-24)17-5-3-4-6-20(17)25-22/h3-8,15,25H,9-14H2,1-2H3. The number of H-pyrrole nitrogens is 1. The average molecular weight is 390 g/mol. The number of carbonyl (C=O) groups excluding carboxylic acids is 1. The Balaban J connectivity index is 1.42. The highest BCUT2D eigenvalue weighted by Gasteiger charge is 2.43. The van der Waals surface area contributed by atoms with Gasteiger partial charge in [0, 0.05) is 24.0 Å². The largest absolute Gasteiger partial charge is 0.496 e. The second-order valence-corrected chi connectivity index (χ2v) is 8.11. The molecule has 3 aromatic rings. The summed E-state index contributed by atoms with van der Waals surface area (Å²) in [7, 11) is 1.61. The van der Waals surface area contributed by atoms with Crippen LogP contribution in [-0.4, -0.2) is 42.6 Å². The van der Waals surface area contributed by atoms with Gasteiger partial charge in [0.2, 0.25) is 0 Å². The van der Waals surface area contributed by atoms with Gasteiger partial charge in [0.25, 0.3) is 5.91 Å². The smallest absolute Gasteiger partial charge is 0.257 e. The molecule has 5 heteroatoms. The Labute approximate surface area is 170 Å². The number of para-hydroxylation sites is 1. The number of likely N-dealkylation sites (tertiary alicyclic amines) is 1. The van der Waals surface area contributed by atoms with Crippen molar-refractivity contribution in [2.24, 2.45) is 0 Å². The lowest BCUT2D eigenvalue weighted by Gasteiger charge is -2.43. The van der Waals surface area contributed by atoms with E-state index in [0.29, 0.717) is 24.4 Å². The van der Waals surface area contributed by atoms with Crippen LogP contribution in [0.3, 0.4) is 0 Å². The summed E-state index contributed by atoms with van der Waals surface area (Å²) in [6.07, 6.45) is 2.53. The minimum atomic E-state index is -0.319. The third kappa shape index (κ3) is 2.92. The second kappa shape index (κ2) is 6.92. The number of fused-ring (bicyclic) bond motifs is 4. The summed E-state index contributed by atoms with van der Waals surface area (Å²) in [5, 5.41) is 1.30. The third-order valence-corrected chi connectivity index (χ3v) is 6.44. The van der Waals surface area contributed by atoms with Crippen molar-refractivity contribution in [1.82, 2.24) is 9.88 Å². The van der Waals surface area contributed by atoms with Crippen molar-refractivity contribution in [3.05, 3.63) is 64.8 Å². The van der Waals surface area contributed by atoms with E-state index in [2.05, 4.69) is 29.2 Å². The number of hydrogen-bond acceptors (Lipinski definition) is 3. The normalized spacial score (nSPS) is 18.1. The van der Waals surface area contributed by atoms with Gasteiger partial charge in [-0.1, -0.05) is 29.8 Å². The summed E-state index contributed by atoms with van der Waals surface area (Å²) < 4.78 is 11.8. The van der Waals surface area contributed by atoms with Crippen molar-refractivity contribution < 1.29 is 14.3 Å². The molecular formula is C24H26N2O3. The van der Waals surface area contributed by atoms with Gasteiger partial charge in [-0.3, -0.25) is 4.79 Å². The fourth-order valence-electron chi connectivity index (χ4n) is 4.89. The molecule has 0 aliphatic carbocycles. The first-order valence-electron chi connectivity index (χ1n) is 10.3. The maximum Gasteiger partial charge on any atom is 0.257 e. The minimum Gasteiger partial charge on any atom is -0.496 e. The van der Waals surface area contributed by atoms with E-state index in [-0.39, 0.29) is 11.5 Å². The Morgan fingerprint density at radius 3 is 2.76 bits per heavy atom. The molecule has 0 saturated carbocycles. The van der Waals surface area contributed by atoms with E-state index in [9.17, 15) is 4.79 Å². The number of benzene rings is 2. The first kappa shape index (κ1) is 18.3. The maximum absolute atomic E-state index is 13.2. The van der Waals surface area contributed by atoms with Crippen molar-refractivity contribution in [3.63, 3.8) is 0 Å². The molecule has 2 aliphatic rings. The van der Waals surface area contributed by atoms with Crippen LogP contribution in [0.4, 0.5) is 0 Å². The third-order valence-electron chi connectivity index (χ3n) is 6.44. The Kier molecular flexibility index (Phi) is 4.36. The van der Waals surface area contributed by atoms with Crippen molar-refractivity contribution in [3.8, 4) is 5.75 Å². The zero-order valence-corrected chi connectivity index (χ0v) is 17.0. The van der Waals surface area contributed by atoms with E-state index in [4.69, 9.17) is 9.47 Å². The lowest BCUT2D eigenvalue weighted by molar-refractivity contribution is -0.0957. The van der Waals surface area contributed by atoms with Crippen molar-refractivity contribution in [2.75, 3.05) is 26.8 Å². The molecule has 0 unspecified atom stereocenters. The van der Waals surface area contributed by atoms with Crippen LogP contribution in [0, 0.1) is 6.92 Å². The van der Waals surface area contributed by atoms with Gasteiger partial charge in [-0.05, 0) is 49.9 Å². The highest BCUT2D eigenvalue weighted by atomic mass is 16.5. The van der Waals surface area contributed by atoms with Gasteiger partial charge < -0.3 is 19.4 Å². The molecule has 5 nitrogen and oxygen atoms in total. The first-order valence-corrected chi connectivity index (χ1v) is 10.3. The van der Waals surface area contributed by atoms with Crippen LogP contribution in [0.15, 0.2) is 42.5 Å². The number of aromatic nitrogens is 1. The molecule has 1 aromatic heterocycles. The summed E-state index contributed by atoms with van der Waals surface area (Å²) in [6.45, 7) is 4.07. The quantitative estimate of drug-likeness (QED) is 0.714. The van der Waals surface area contributed by atoms with Gasteiger partial charge in [0.1, 0.15) is 11.4 Å². The Hall–Kier alpha value is -2.79. The number of hydrogen-bond donors (Lipinski definition) is 1. The van der Waals surface area contributed by atoms with Crippen LogP contribution in [0.5, 0.6) is 5.75 Å². The van der Waals surface area contributed by atoms with E-state index in [1.165, 1.54) is 22.2 Å². The molecular weight excluding hydrogens is 364 g/mol. The van der Waals surface area contributed by atoms with Crippen LogP contribution in [0.1, 0.15) is 40.0 Å². The zero-order chi connectivity index (χ0) is 20.0. The summed E-state index contributed by atoms with van der Waals surface area (Å²) in [6, 6.07) is 14.2. The molecule has 1 fully saturated rings. The van der Waals surface area contributed by atoms with Gasteiger partial charge in [0.05, 0.1) is 25.0 Å². The summed E-state index contributed by atoms with van der Waals surface area (Å²) in [5.41, 5.74) is 5.14. The lowest BCUT2D eigenvalue weighted by Crippen LogP contribution is -2.48. The monoisotopic (exact) mass is 390 g/mol.